The molecule has 2 aromatic rings. The topological polar surface area (TPSA) is 67.2 Å². The van der Waals surface area contributed by atoms with E-state index in [9.17, 15) is 9.59 Å². The smallest absolute Gasteiger partial charge is 0.243 e. The summed E-state index contributed by atoms with van der Waals surface area (Å²) in [6, 6.07) is 4.08. The van der Waals surface area contributed by atoms with Crippen LogP contribution in [0.4, 0.5) is 5.69 Å². The van der Waals surface area contributed by atoms with Crippen LogP contribution in [0.25, 0.3) is 0 Å². The standard InChI is InChI=1S/C23H34N4O2/c1-14(2)12-27-19(7)20(18(6)25-27)11-22(29)26(8)13-21(28)24-23-16(4)9-15(3)10-17(23)5/h9-10,14H,11-13H2,1-8H3,(H,24,28). The Morgan fingerprint density at radius 3 is 2.24 bits per heavy atom. The lowest BCUT2D eigenvalue weighted by Gasteiger charge is -2.19. The van der Waals surface area contributed by atoms with E-state index in [2.05, 4.69) is 24.3 Å². The van der Waals surface area contributed by atoms with Crippen LogP contribution in [0.5, 0.6) is 0 Å². The lowest BCUT2D eigenvalue weighted by atomic mass is 10.1. The van der Waals surface area contributed by atoms with Crippen molar-refractivity contribution in [2.45, 2.75) is 61.4 Å². The summed E-state index contributed by atoms with van der Waals surface area (Å²) in [6.07, 6.45) is 0.252. The van der Waals surface area contributed by atoms with E-state index in [1.165, 1.54) is 4.90 Å². The van der Waals surface area contributed by atoms with Gasteiger partial charge in [0.1, 0.15) is 0 Å². The third kappa shape index (κ3) is 5.68. The Bertz CT molecular complexity index is 889. The molecule has 1 aromatic carbocycles. The zero-order valence-electron chi connectivity index (χ0n) is 19.0. The summed E-state index contributed by atoms with van der Waals surface area (Å²) in [7, 11) is 1.67. The van der Waals surface area contributed by atoms with Gasteiger partial charge >= 0.3 is 0 Å². The number of rotatable bonds is 7. The highest BCUT2D eigenvalue weighted by atomic mass is 16.2. The third-order valence-electron chi connectivity index (χ3n) is 5.15. The van der Waals surface area contributed by atoms with Crippen molar-refractivity contribution in [1.82, 2.24) is 14.7 Å². The predicted octanol–water partition coefficient (Wildman–Crippen LogP) is 3.72. The van der Waals surface area contributed by atoms with Crippen LogP contribution in [0.1, 0.15) is 47.5 Å². The molecule has 29 heavy (non-hydrogen) atoms. The average molecular weight is 399 g/mol. The monoisotopic (exact) mass is 398 g/mol. The Labute approximate surface area is 174 Å². The number of carbonyl (C=O) groups excluding carboxylic acids is 2. The van der Waals surface area contributed by atoms with Crippen molar-refractivity contribution >= 4 is 17.5 Å². The summed E-state index contributed by atoms with van der Waals surface area (Å²) in [5, 5.41) is 7.53. The number of nitrogens with one attached hydrogen (secondary N) is 1. The van der Waals surface area contributed by atoms with E-state index < -0.39 is 0 Å². The molecule has 6 nitrogen and oxygen atoms in total. The molecule has 0 radical (unpaired) electrons. The van der Waals surface area contributed by atoms with Crippen molar-refractivity contribution in [3.63, 3.8) is 0 Å². The van der Waals surface area contributed by atoms with Gasteiger partial charge in [0.25, 0.3) is 0 Å². The molecule has 2 amide bonds. The molecule has 0 unspecified atom stereocenters. The molecule has 0 bridgehead atoms. The lowest BCUT2D eigenvalue weighted by Crippen LogP contribution is -2.36. The number of hydrogen-bond donors (Lipinski definition) is 1. The number of hydrogen-bond acceptors (Lipinski definition) is 3. The van der Waals surface area contributed by atoms with Gasteiger partial charge in [-0.15, -0.1) is 0 Å². The molecule has 1 N–H and O–H groups in total. The molecule has 2 rings (SSSR count). The summed E-state index contributed by atoms with van der Waals surface area (Å²) in [5.41, 5.74) is 6.88. The van der Waals surface area contributed by atoms with Crippen LogP contribution in [-0.4, -0.2) is 40.1 Å². The number of carbonyl (C=O) groups is 2. The van der Waals surface area contributed by atoms with Crippen LogP contribution in [0.15, 0.2) is 12.1 Å². The minimum Gasteiger partial charge on any atom is -0.336 e. The molecule has 0 fully saturated rings. The number of aromatic nitrogens is 2. The molecule has 6 heteroatoms. The van der Waals surface area contributed by atoms with Gasteiger partial charge in [0.15, 0.2) is 0 Å². The molecule has 0 saturated heterocycles. The van der Waals surface area contributed by atoms with Crippen LogP contribution < -0.4 is 5.32 Å². The first-order valence-electron chi connectivity index (χ1n) is 10.1. The molecule has 0 aliphatic rings. The van der Waals surface area contributed by atoms with Crippen molar-refractivity contribution < 1.29 is 9.59 Å². The predicted molar refractivity (Wildman–Crippen MR) is 117 cm³/mol. The molecule has 0 saturated carbocycles. The van der Waals surface area contributed by atoms with E-state index in [-0.39, 0.29) is 24.8 Å². The summed E-state index contributed by atoms with van der Waals surface area (Å²) >= 11 is 0. The zero-order valence-corrected chi connectivity index (χ0v) is 19.0. The molecule has 1 heterocycles. The van der Waals surface area contributed by atoms with Crippen LogP contribution in [0, 0.1) is 40.5 Å². The van der Waals surface area contributed by atoms with Crippen LogP contribution in [0.2, 0.25) is 0 Å². The molecule has 0 aliphatic heterocycles. The Morgan fingerprint density at radius 2 is 1.69 bits per heavy atom. The van der Waals surface area contributed by atoms with Gasteiger partial charge in [-0.1, -0.05) is 31.5 Å². The first-order chi connectivity index (χ1) is 13.5. The van der Waals surface area contributed by atoms with E-state index in [0.29, 0.717) is 5.92 Å². The maximum atomic E-state index is 12.7. The van der Waals surface area contributed by atoms with E-state index in [1.54, 1.807) is 7.05 Å². The minimum atomic E-state index is -0.195. The number of likely N-dealkylation sites (N-methyl/N-ethyl adjacent to an activating group) is 1. The Morgan fingerprint density at radius 1 is 1.10 bits per heavy atom. The highest BCUT2D eigenvalue weighted by molar-refractivity contribution is 5.96. The van der Waals surface area contributed by atoms with Crippen LogP contribution in [-0.2, 0) is 22.6 Å². The van der Waals surface area contributed by atoms with Crippen molar-refractivity contribution in [2.75, 3.05) is 18.9 Å². The fourth-order valence-electron chi connectivity index (χ4n) is 3.66. The van der Waals surface area contributed by atoms with Gasteiger partial charge in [-0.2, -0.15) is 5.10 Å². The van der Waals surface area contributed by atoms with Gasteiger partial charge in [0, 0.05) is 30.5 Å². The number of amides is 2. The van der Waals surface area contributed by atoms with E-state index >= 15 is 0 Å². The maximum Gasteiger partial charge on any atom is 0.243 e. The first-order valence-corrected chi connectivity index (χ1v) is 10.1. The van der Waals surface area contributed by atoms with E-state index in [4.69, 9.17) is 0 Å². The molecule has 0 spiro atoms. The molecular formula is C23H34N4O2. The number of benzene rings is 1. The Balaban J connectivity index is 2.03. The first kappa shape index (κ1) is 22.7. The molecule has 0 aliphatic carbocycles. The molecule has 1 aromatic heterocycles. The van der Waals surface area contributed by atoms with Gasteiger partial charge < -0.3 is 10.2 Å². The van der Waals surface area contributed by atoms with E-state index in [1.807, 2.05) is 51.4 Å². The molecule has 158 valence electrons. The van der Waals surface area contributed by atoms with Gasteiger partial charge in [0.05, 0.1) is 18.7 Å². The average Bonchev–Trinajstić information content (AvgIpc) is 2.84. The van der Waals surface area contributed by atoms with Crippen LogP contribution >= 0.6 is 0 Å². The van der Waals surface area contributed by atoms with Gasteiger partial charge in [-0.25, -0.2) is 0 Å². The summed E-state index contributed by atoms with van der Waals surface area (Å²) < 4.78 is 1.97. The lowest BCUT2D eigenvalue weighted by molar-refractivity contribution is -0.132. The summed E-state index contributed by atoms with van der Waals surface area (Å²) in [5.74, 6) is 0.198. The normalized spacial score (nSPS) is 11.1. The SMILES string of the molecule is Cc1cc(C)c(NC(=O)CN(C)C(=O)Cc2c(C)nn(CC(C)C)c2C)c(C)c1. The van der Waals surface area contributed by atoms with Gasteiger partial charge in [0.2, 0.25) is 11.8 Å². The van der Waals surface area contributed by atoms with Crippen LogP contribution in [0.3, 0.4) is 0 Å². The number of anilines is 1. The number of nitrogens with zero attached hydrogens (tertiary/aromatic N) is 3. The second-order valence-corrected chi connectivity index (χ2v) is 8.47. The van der Waals surface area contributed by atoms with Crippen molar-refractivity contribution in [3.8, 4) is 0 Å². The largest absolute Gasteiger partial charge is 0.336 e. The van der Waals surface area contributed by atoms with Crippen molar-refractivity contribution in [1.29, 1.82) is 0 Å². The highest BCUT2D eigenvalue weighted by Gasteiger charge is 2.20. The molecular weight excluding hydrogens is 364 g/mol. The summed E-state index contributed by atoms with van der Waals surface area (Å²) in [4.78, 5) is 26.7. The number of aryl methyl sites for hydroxylation is 4. The minimum absolute atomic E-state index is 0.0177. The van der Waals surface area contributed by atoms with Crippen molar-refractivity contribution in [2.24, 2.45) is 5.92 Å². The second-order valence-electron chi connectivity index (χ2n) is 8.47. The Hall–Kier alpha value is -2.63. The maximum absolute atomic E-state index is 12.7. The van der Waals surface area contributed by atoms with Gasteiger partial charge in [-0.3, -0.25) is 14.3 Å². The van der Waals surface area contributed by atoms with Gasteiger partial charge in [-0.05, 0) is 51.7 Å². The van der Waals surface area contributed by atoms with Crippen molar-refractivity contribution in [3.05, 3.63) is 45.8 Å². The second kappa shape index (κ2) is 9.25. The highest BCUT2D eigenvalue weighted by Crippen LogP contribution is 2.22. The van der Waals surface area contributed by atoms with E-state index in [0.717, 1.165) is 45.9 Å². The zero-order chi connectivity index (χ0) is 21.9. The molecule has 0 atom stereocenters. The third-order valence-corrected chi connectivity index (χ3v) is 5.15. The fraction of sp³-hybridized carbons (Fsp3) is 0.522. The fourth-order valence-corrected chi connectivity index (χ4v) is 3.66. The Kier molecular flexibility index (Phi) is 7.22. The quantitative estimate of drug-likeness (QED) is 0.773. The summed E-state index contributed by atoms with van der Waals surface area (Å²) in [6.45, 7) is 15.1.